The zero-order valence-electron chi connectivity index (χ0n) is 10.6. The molecule has 0 radical (unpaired) electrons. The van der Waals surface area contributed by atoms with Gasteiger partial charge in [-0.1, -0.05) is 42.0 Å². The molecule has 0 aromatic heterocycles. The Labute approximate surface area is 112 Å². The van der Waals surface area contributed by atoms with Crippen molar-refractivity contribution >= 4 is 17.5 Å². The summed E-state index contributed by atoms with van der Waals surface area (Å²) in [5, 5.41) is 0. The molecule has 2 aromatic rings. The van der Waals surface area contributed by atoms with E-state index in [-0.39, 0.29) is 5.78 Å². The summed E-state index contributed by atoms with van der Waals surface area (Å²) in [6.07, 6.45) is 2.50. The van der Waals surface area contributed by atoms with Gasteiger partial charge in [-0.2, -0.15) is 0 Å². The Hall–Kier alpha value is -1.54. The minimum absolute atomic E-state index is 0.174. The average Bonchev–Trinajstić information content (AvgIpc) is 2.39. The first-order valence-corrected chi connectivity index (χ1v) is 7.14. The molecule has 0 heterocycles. The molecule has 0 N–H and O–H groups in total. The van der Waals surface area contributed by atoms with Gasteiger partial charge in [0.1, 0.15) is 0 Å². The third kappa shape index (κ3) is 3.23. The third-order valence-corrected chi connectivity index (χ3v) is 3.60. The summed E-state index contributed by atoms with van der Waals surface area (Å²) in [6.45, 7) is 2.04. The summed E-state index contributed by atoms with van der Waals surface area (Å²) in [5.41, 5.74) is 3.06. The van der Waals surface area contributed by atoms with Crippen molar-refractivity contribution in [3.05, 3.63) is 65.2 Å². The fourth-order valence-electron chi connectivity index (χ4n) is 1.89. The van der Waals surface area contributed by atoms with E-state index in [2.05, 4.69) is 6.07 Å². The lowest BCUT2D eigenvalue weighted by Gasteiger charge is -2.03. The maximum atomic E-state index is 12.1. The zero-order valence-corrected chi connectivity index (χ0v) is 11.5. The lowest BCUT2D eigenvalue weighted by Crippen LogP contribution is -2.03. The van der Waals surface area contributed by atoms with Crippen LogP contribution >= 0.6 is 11.8 Å². The van der Waals surface area contributed by atoms with Crippen molar-refractivity contribution in [2.24, 2.45) is 0 Å². The molecule has 1 nitrogen and oxygen atoms in total. The predicted molar refractivity (Wildman–Crippen MR) is 77.4 cm³/mol. The zero-order chi connectivity index (χ0) is 13.0. The van der Waals surface area contributed by atoms with Crippen molar-refractivity contribution in [2.75, 3.05) is 6.26 Å². The van der Waals surface area contributed by atoms with Crippen LogP contribution in [0.4, 0.5) is 0 Å². The van der Waals surface area contributed by atoms with E-state index in [0.29, 0.717) is 6.42 Å². The van der Waals surface area contributed by atoms with Crippen molar-refractivity contribution in [2.45, 2.75) is 18.2 Å². The van der Waals surface area contributed by atoms with E-state index in [1.165, 1.54) is 10.5 Å². The second-order valence-corrected chi connectivity index (χ2v) is 5.20. The minimum atomic E-state index is 0.174. The number of ketones is 1. The topological polar surface area (TPSA) is 17.1 Å². The molecule has 0 atom stereocenters. The highest BCUT2D eigenvalue weighted by Crippen LogP contribution is 2.16. The highest BCUT2D eigenvalue weighted by atomic mass is 32.2. The quantitative estimate of drug-likeness (QED) is 0.604. The molecule has 0 aliphatic heterocycles. The van der Waals surface area contributed by atoms with E-state index in [1.807, 2.05) is 55.6 Å². The molecule has 0 saturated heterocycles. The van der Waals surface area contributed by atoms with Crippen LogP contribution in [0, 0.1) is 6.92 Å². The molecule has 0 spiro atoms. The highest BCUT2D eigenvalue weighted by Gasteiger charge is 2.07. The second-order valence-electron chi connectivity index (χ2n) is 4.32. The summed E-state index contributed by atoms with van der Waals surface area (Å²) in [5.74, 6) is 0.174. The third-order valence-electron chi connectivity index (χ3n) is 2.86. The number of carbonyl (C=O) groups is 1. The van der Waals surface area contributed by atoms with Crippen LogP contribution in [0.25, 0.3) is 0 Å². The van der Waals surface area contributed by atoms with Crippen molar-refractivity contribution in [1.29, 1.82) is 0 Å². The van der Waals surface area contributed by atoms with Crippen LogP contribution in [0.1, 0.15) is 21.5 Å². The molecule has 0 fully saturated rings. The van der Waals surface area contributed by atoms with Gasteiger partial charge in [-0.15, -0.1) is 11.8 Å². The molecule has 0 saturated carbocycles. The van der Waals surface area contributed by atoms with Crippen LogP contribution in [0.5, 0.6) is 0 Å². The standard InChI is InChI=1S/C16H16OS/c1-12-4-3-5-13(10-12)11-16(17)14-6-8-15(18-2)9-7-14/h3-10H,11H2,1-2H3. The molecular formula is C16H16OS. The van der Waals surface area contributed by atoms with Gasteiger partial charge in [0.05, 0.1) is 0 Å². The van der Waals surface area contributed by atoms with Crippen LogP contribution in [-0.4, -0.2) is 12.0 Å². The highest BCUT2D eigenvalue weighted by molar-refractivity contribution is 7.98. The van der Waals surface area contributed by atoms with Crippen LogP contribution in [0.2, 0.25) is 0 Å². The smallest absolute Gasteiger partial charge is 0.167 e. The lowest BCUT2D eigenvalue weighted by molar-refractivity contribution is 0.0993. The van der Waals surface area contributed by atoms with E-state index < -0.39 is 0 Å². The molecule has 0 bridgehead atoms. The Balaban J connectivity index is 2.11. The number of hydrogen-bond acceptors (Lipinski definition) is 2. The molecule has 0 aliphatic carbocycles. The lowest BCUT2D eigenvalue weighted by atomic mass is 10.0. The van der Waals surface area contributed by atoms with Gasteiger partial charge < -0.3 is 0 Å². The van der Waals surface area contributed by atoms with E-state index in [9.17, 15) is 4.79 Å². The Morgan fingerprint density at radius 2 is 1.83 bits per heavy atom. The monoisotopic (exact) mass is 256 g/mol. The minimum Gasteiger partial charge on any atom is -0.294 e. The maximum Gasteiger partial charge on any atom is 0.167 e. The van der Waals surface area contributed by atoms with E-state index >= 15 is 0 Å². The van der Waals surface area contributed by atoms with E-state index in [4.69, 9.17) is 0 Å². The van der Waals surface area contributed by atoms with Gasteiger partial charge in [0, 0.05) is 16.9 Å². The number of carbonyl (C=O) groups excluding carboxylic acids is 1. The first kappa shape index (κ1) is 12.9. The predicted octanol–water partition coefficient (Wildman–Crippen LogP) is 4.14. The Morgan fingerprint density at radius 3 is 2.44 bits per heavy atom. The number of thioether (sulfide) groups is 1. The fourth-order valence-corrected chi connectivity index (χ4v) is 2.29. The summed E-state index contributed by atoms with van der Waals surface area (Å²) < 4.78 is 0. The molecular weight excluding hydrogens is 240 g/mol. The number of Topliss-reactive ketones (excluding diaryl/α,β-unsaturated/α-hetero) is 1. The largest absolute Gasteiger partial charge is 0.294 e. The van der Waals surface area contributed by atoms with Crippen LogP contribution in [0.3, 0.4) is 0 Å². The molecule has 2 aromatic carbocycles. The summed E-state index contributed by atoms with van der Waals surface area (Å²) >= 11 is 1.68. The summed E-state index contributed by atoms with van der Waals surface area (Å²) in [4.78, 5) is 13.3. The number of rotatable bonds is 4. The van der Waals surface area contributed by atoms with Gasteiger partial charge in [-0.25, -0.2) is 0 Å². The molecule has 2 rings (SSSR count). The Morgan fingerprint density at radius 1 is 1.11 bits per heavy atom. The number of hydrogen-bond donors (Lipinski definition) is 0. The van der Waals surface area contributed by atoms with E-state index in [1.54, 1.807) is 11.8 Å². The molecule has 0 amide bonds. The maximum absolute atomic E-state index is 12.1. The van der Waals surface area contributed by atoms with Gasteiger partial charge in [0.15, 0.2) is 5.78 Å². The normalized spacial score (nSPS) is 10.3. The second kappa shape index (κ2) is 5.87. The number of benzene rings is 2. The SMILES string of the molecule is CSc1ccc(C(=O)Cc2cccc(C)c2)cc1. The van der Waals surface area contributed by atoms with Crippen LogP contribution in [0.15, 0.2) is 53.4 Å². The first-order chi connectivity index (χ1) is 8.69. The van der Waals surface area contributed by atoms with Crippen LogP contribution < -0.4 is 0 Å². The Bertz CT molecular complexity index is 543. The van der Waals surface area contributed by atoms with Crippen LogP contribution in [-0.2, 0) is 6.42 Å². The van der Waals surface area contributed by atoms with E-state index in [0.717, 1.165) is 11.1 Å². The Kier molecular flexibility index (Phi) is 4.21. The van der Waals surface area contributed by atoms with Gasteiger partial charge in [0.25, 0.3) is 0 Å². The first-order valence-electron chi connectivity index (χ1n) is 5.92. The van der Waals surface area contributed by atoms with Gasteiger partial charge >= 0.3 is 0 Å². The molecule has 92 valence electrons. The molecule has 18 heavy (non-hydrogen) atoms. The van der Waals surface area contributed by atoms with Crippen molar-refractivity contribution in [3.63, 3.8) is 0 Å². The van der Waals surface area contributed by atoms with Crippen molar-refractivity contribution in [1.82, 2.24) is 0 Å². The summed E-state index contributed by atoms with van der Waals surface area (Å²) in [7, 11) is 0. The van der Waals surface area contributed by atoms with Gasteiger partial charge in [-0.3, -0.25) is 4.79 Å². The van der Waals surface area contributed by atoms with Gasteiger partial charge in [-0.05, 0) is 30.9 Å². The molecule has 0 aliphatic rings. The van der Waals surface area contributed by atoms with Crippen molar-refractivity contribution in [3.8, 4) is 0 Å². The summed E-state index contributed by atoms with van der Waals surface area (Å²) in [6, 6.07) is 15.9. The fraction of sp³-hybridized carbons (Fsp3) is 0.188. The molecule has 0 unspecified atom stereocenters. The number of aryl methyl sites for hydroxylation is 1. The average molecular weight is 256 g/mol. The molecule has 2 heteroatoms. The van der Waals surface area contributed by atoms with Crippen molar-refractivity contribution < 1.29 is 4.79 Å². The van der Waals surface area contributed by atoms with Gasteiger partial charge in [0.2, 0.25) is 0 Å².